The van der Waals surface area contributed by atoms with E-state index in [1.807, 2.05) is 15.2 Å². The smallest absolute Gasteiger partial charge is 0.228 e. The van der Waals surface area contributed by atoms with Gasteiger partial charge in [0.05, 0.1) is 12.1 Å². The Hall–Kier alpha value is -2.21. The quantitative estimate of drug-likeness (QED) is 0.636. The third kappa shape index (κ3) is 5.73. The van der Waals surface area contributed by atoms with Crippen LogP contribution < -0.4 is 0 Å². The van der Waals surface area contributed by atoms with Gasteiger partial charge >= 0.3 is 0 Å². The average Bonchev–Trinajstić information content (AvgIpc) is 3.50. The van der Waals surface area contributed by atoms with Gasteiger partial charge in [-0.05, 0) is 24.3 Å². The number of carbonyl (C=O) groups excluding carboxylic acids is 2. The number of aromatic nitrogens is 1. The lowest BCUT2D eigenvalue weighted by Crippen LogP contribution is -2.51. The van der Waals surface area contributed by atoms with Crippen molar-refractivity contribution in [2.75, 3.05) is 26.2 Å². The summed E-state index contributed by atoms with van der Waals surface area (Å²) in [5.74, 6) is 1.12. The average molecular weight is 440 g/mol. The summed E-state index contributed by atoms with van der Waals surface area (Å²) in [6.07, 6.45) is 8.29. The Labute approximate surface area is 189 Å². The van der Waals surface area contributed by atoms with Gasteiger partial charge in [-0.1, -0.05) is 56.9 Å². The van der Waals surface area contributed by atoms with Crippen molar-refractivity contribution in [3.8, 4) is 10.6 Å². The number of thiazole rings is 1. The molecule has 0 bridgehead atoms. The second-order valence-corrected chi connectivity index (χ2v) is 9.68. The molecule has 2 aliphatic rings. The van der Waals surface area contributed by atoms with Crippen LogP contribution in [-0.2, 0) is 22.4 Å². The number of benzene rings is 1. The SMILES string of the molecule is CCc1ccc(-c2nc(CC(=O)N3CCN(C(=O)CCC4CCCC4)CC3)cs2)cc1. The van der Waals surface area contributed by atoms with Crippen molar-refractivity contribution in [3.63, 3.8) is 0 Å². The van der Waals surface area contributed by atoms with Crippen LogP contribution >= 0.6 is 11.3 Å². The van der Waals surface area contributed by atoms with Gasteiger partial charge in [-0.2, -0.15) is 0 Å². The summed E-state index contributed by atoms with van der Waals surface area (Å²) in [6, 6.07) is 8.48. The third-order valence-corrected chi connectivity index (χ3v) is 7.66. The molecule has 2 fully saturated rings. The molecule has 1 aromatic carbocycles. The van der Waals surface area contributed by atoms with Gasteiger partial charge in [0.2, 0.25) is 11.8 Å². The minimum atomic E-state index is 0.108. The second kappa shape index (κ2) is 10.4. The topological polar surface area (TPSA) is 53.5 Å². The summed E-state index contributed by atoms with van der Waals surface area (Å²) in [6.45, 7) is 4.71. The van der Waals surface area contributed by atoms with E-state index in [9.17, 15) is 9.59 Å². The first-order chi connectivity index (χ1) is 15.1. The van der Waals surface area contributed by atoms with Crippen molar-refractivity contribution in [3.05, 3.63) is 40.9 Å². The summed E-state index contributed by atoms with van der Waals surface area (Å²) >= 11 is 1.59. The number of nitrogens with zero attached hydrogens (tertiary/aromatic N) is 3. The standard InChI is InChI=1S/C25H33N3O2S/c1-2-19-7-10-21(11-8-19)25-26-22(18-31-25)17-24(30)28-15-13-27(14-16-28)23(29)12-9-20-5-3-4-6-20/h7-8,10-11,18,20H,2-6,9,12-17H2,1H3. The maximum Gasteiger partial charge on any atom is 0.228 e. The molecule has 5 nitrogen and oxygen atoms in total. The Bertz CT molecular complexity index is 878. The van der Waals surface area contributed by atoms with Gasteiger partial charge in [0.25, 0.3) is 0 Å². The number of hydrogen-bond acceptors (Lipinski definition) is 4. The van der Waals surface area contributed by atoms with Gasteiger partial charge in [0.15, 0.2) is 0 Å². The lowest BCUT2D eigenvalue weighted by Gasteiger charge is -2.35. The monoisotopic (exact) mass is 439 g/mol. The van der Waals surface area contributed by atoms with Crippen LogP contribution in [0.4, 0.5) is 0 Å². The van der Waals surface area contributed by atoms with Gasteiger partial charge in [-0.25, -0.2) is 4.98 Å². The van der Waals surface area contributed by atoms with Gasteiger partial charge in [-0.3, -0.25) is 9.59 Å². The zero-order valence-electron chi connectivity index (χ0n) is 18.5. The van der Waals surface area contributed by atoms with Crippen LogP contribution in [0, 0.1) is 5.92 Å². The van der Waals surface area contributed by atoms with Gasteiger partial charge in [0, 0.05) is 43.5 Å². The molecule has 0 atom stereocenters. The van der Waals surface area contributed by atoms with Crippen LogP contribution in [0.25, 0.3) is 10.6 Å². The lowest BCUT2D eigenvalue weighted by atomic mass is 10.0. The van der Waals surface area contributed by atoms with Crippen LogP contribution in [0.15, 0.2) is 29.6 Å². The summed E-state index contributed by atoms with van der Waals surface area (Å²) < 4.78 is 0. The molecule has 2 aromatic rings. The molecule has 1 aliphatic carbocycles. The first kappa shape index (κ1) is 22.0. The normalized spacial score (nSPS) is 17.3. The maximum absolute atomic E-state index is 12.8. The van der Waals surface area contributed by atoms with E-state index in [0.29, 0.717) is 39.0 Å². The second-order valence-electron chi connectivity index (χ2n) is 8.82. The van der Waals surface area contributed by atoms with E-state index in [1.165, 1.54) is 31.2 Å². The molecule has 0 N–H and O–H groups in total. The molecule has 1 aliphatic heterocycles. The van der Waals surface area contributed by atoms with Crippen molar-refractivity contribution in [2.45, 2.75) is 58.3 Å². The molecule has 0 radical (unpaired) electrons. The molecule has 1 saturated carbocycles. The molecule has 2 heterocycles. The van der Waals surface area contributed by atoms with Crippen LogP contribution in [0.2, 0.25) is 0 Å². The van der Waals surface area contributed by atoms with Gasteiger partial charge in [0.1, 0.15) is 5.01 Å². The number of rotatable bonds is 7. The Kier molecular flexibility index (Phi) is 7.38. The third-order valence-electron chi connectivity index (χ3n) is 6.72. The van der Waals surface area contributed by atoms with Crippen LogP contribution in [0.5, 0.6) is 0 Å². The molecule has 2 amide bonds. The van der Waals surface area contributed by atoms with Crippen molar-refractivity contribution in [1.29, 1.82) is 0 Å². The largest absolute Gasteiger partial charge is 0.339 e. The highest BCUT2D eigenvalue weighted by Gasteiger charge is 2.25. The summed E-state index contributed by atoms with van der Waals surface area (Å²) in [4.78, 5) is 33.8. The van der Waals surface area contributed by atoms with E-state index in [2.05, 4.69) is 36.2 Å². The number of carbonyl (C=O) groups is 2. The fourth-order valence-electron chi connectivity index (χ4n) is 4.66. The number of hydrogen-bond donors (Lipinski definition) is 0. The van der Waals surface area contributed by atoms with E-state index < -0.39 is 0 Å². The molecule has 0 unspecified atom stereocenters. The highest BCUT2D eigenvalue weighted by molar-refractivity contribution is 7.13. The van der Waals surface area contributed by atoms with Crippen LogP contribution in [0.3, 0.4) is 0 Å². The first-order valence-corrected chi connectivity index (χ1v) is 12.6. The first-order valence-electron chi connectivity index (χ1n) is 11.7. The summed E-state index contributed by atoms with van der Waals surface area (Å²) in [7, 11) is 0. The van der Waals surface area contributed by atoms with Crippen molar-refractivity contribution in [1.82, 2.24) is 14.8 Å². The van der Waals surface area contributed by atoms with Crippen molar-refractivity contribution in [2.24, 2.45) is 5.92 Å². The molecule has 0 spiro atoms. The molecule has 6 heteroatoms. The Morgan fingerprint density at radius 3 is 2.29 bits per heavy atom. The number of aryl methyl sites for hydroxylation is 1. The predicted octanol–water partition coefficient (Wildman–Crippen LogP) is 4.56. The summed E-state index contributed by atoms with van der Waals surface area (Å²) in [5, 5.41) is 2.95. The van der Waals surface area contributed by atoms with E-state index >= 15 is 0 Å². The van der Waals surface area contributed by atoms with E-state index in [-0.39, 0.29) is 11.8 Å². The van der Waals surface area contributed by atoms with Crippen LogP contribution in [0.1, 0.15) is 56.7 Å². The minimum absolute atomic E-state index is 0.108. The zero-order chi connectivity index (χ0) is 21.6. The lowest BCUT2D eigenvalue weighted by molar-refractivity contribution is -0.139. The predicted molar refractivity (Wildman–Crippen MR) is 125 cm³/mol. The maximum atomic E-state index is 12.8. The van der Waals surface area contributed by atoms with Crippen LogP contribution in [-0.4, -0.2) is 52.8 Å². The highest BCUT2D eigenvalue weighted by atomic mass is 32.1. The Morgan fingerprint density at radius 1 is 1.00 bits per heavy atom. The molecule has 31 heavy (non-hydrogen) atoms. The molecule has 166 valence electrons. The number of amides is 2. The number of piperazine rings is 1. The van der Waals surface area contributed by atoms with Gasteiger partial charge < -0.3 is 9.80 Å². The van der Waals surface area contributed by atoms with Gasteiger partial charge in [-0.15, -0.1) is 11.3 Å². The van der Waals surface area contributed by atoms with E-state index in [4.69, 9.17) is 0 Å². The molecular weight excluding hydrogens is 406 g/mol. The molecular formula is C25H33N3O2S. The van der Waals surface area contributed by atoms with E-state index in [1.54, 1.807) is 11.3 Å². The fraction of sp³-hybridized carbons (Fsp3) is 0.560. The molecule has 1 aromatic heterocycles. The molecule has 4 rings (SSSR count). The Morgan fingerprint density at radius 2 is 1.65 bits per heavy atom. The van der Waals surface area contributed by atoms with E-state index in [0.717, 1.165) is 35.0 Å². The minimum Gasteiger partial charge on any atom is -0.339 e. The zero-order valence-corrected chi connectivity index (χ0v) is 19.3. The Balaban J connectivity index is 1.23. The molecule has 1 saturated heterocycles. The highest BCUT2D eigenvalue weighted by Crippen LogP contribution is 2.29. The summed E-state index contributed by atoms with van der Waals surface area (Å²) in [5.41, 5.74) is 3.25. The fourth-order valence-corrected chi connectivity index (χ4v) is 5.49. The van der Waals surface area contributed by atoms with Crippen molar-refractivity contribution < 1.29 is 9.59 Å². The van der Waals surface area contributed by atoms with Crippen molar-refractivity contribution >= 4 is 23.2 Å².